The van der Waals surface area contributed by atoms with Crippen LogP contribution in [0, 0.1) is 6.92 Å². The van der Waals surface area contributed by atoms with Crippen molar-refractivity contribution in [3.63, 3.8) is 0 Å². The zero-order valence-corrected chi connectivity index (χ0v) is 11.7. The number of aromatic nitrogens is 3. The minimum absolute atomic E-state index is 0.0916. The Morgan fingerprint density at radius 3 is 2.26 bits per heavy atom. The quantitative estimate of drug-likeness (QED) is 0.879. The fraction of sp³-hybridized carbons (Fsp3) is 0.429. The predicted octanol–water partition coefficient (Wildman–Crippen LogP) is 1.25. The molecule has 2 rings (SSSR count). The van der Waals surface area contributed by atoms with E-state index in [0.29, 0.717) is 0 Å². The lowest BCUT2D eigenvalue weighted by Crippen LogP contribution is -2.19. The van der Waals surface area contributed by atoms with Crippen LogP contribution in [0.25, 0.3) is 0 Å². The summed E-state index contributed by atoms with van der Waals surface area (Å²) < 4.78 is 2.01. The fourth-order valence-electron chi connectivity index (χ4n) is 1.95. The minimum Gasteiger partial charge on any atom is -0.392 e. The third kappa shape index (κ3) is 3.39. The summed E-state index contributed by atoms with van der Waals surface area (Å²) in [6.45, 7) is 3.65. The number of aryl methyl sites for hydroxylation is 1. The molecule has 0 spiro atoms. The SMILES string of the molecule is Cc1nnc(CN(C)Cc2ccc(CO)cc2)n1C. The second-order valence-electron chi connectivity index (χ2n) is 4.87. The molecule has 2 aromatic rings. The molecule has 1 N–H and O–H groups in total. The van der Waals surface area contributed by atoms with Crippen LogP contribution in [-0.4, -0.2) is 31.8 Å². The lowest BCUT2D eigenvalue weighted by molar-refractivity contribution is 0.281. The normalized spacial score (nSPS) is 11.2. The highest BCUT2D eigenvalue weighted by molar-refractivity contribution is 5.21. The maximum absolute atomic E-state index is 9.01. The number of aliphatic hydroxyl groups is 1. The smallest absolute Gasteiger partial charge is 0.146 e. The van der Waals surface area contributed by atoms with Crippen LogP contribution in [0.3, 0.4) is 0 Å². The van der Waals surface area contributed by atoms with Gasteiger partial charge in [-0.1, -0.05) is 24.3 Å². The van der Waals surface area contributed by atoms with E-state index in [9.17, 15) is 0 Å². The molecule has 0 saturated carbocycles. The lowest BCUT2D eigenvalue weighted by Gasteiger charge is -2.16. The van der Waals surface area contributed by atoms with Crippen LogP contribution >= 0.6 is 0 Å². The summed E-state index contributed by atoms with van der Waals surface area (Å²) >= 11 is 0. The maximum Gasteiger partial charge on any atom is 0.146 e. The molecule has 0 aliphatic heterocycles. The van der Waals surface area contributed by atoms with Crippen LogP contribution in [0.15, 0.2) is 24.3 Å². The summed E-state index contributed by atoms with van der Waals surface area (Å²) in [5, 5.41) is 17.2. The molecule has 1 aromatic carbocycles. The van der Waals surface area contributed by atoms with Gasteiger partial charge < -0.3 is 9.67 Å². The van der Waals surface area contributed by atoms with Gasteiger partial charge in [-0.3, -0.25) is 4.90 Å². The van der Waals surface area contributed by atoms with Crippen LogP contribution in [0.4, 0.5) is 0 Å². The number of rotatable bonds is 5. The van der Waals surface area contributed by atoms with Gasteiger partial charge in [0.05, 0.1) is 13.2 Å². The van der Waals surface area contributed by atoms with Crippen molar-refractivity contribution in [3.8, 4) is 0 Å². The highest BCUT2D eigenvalue weighted by atomic mass is 16.3. The van der Waals surface area contributed by atoms with Gasteiger partial charge in [-0.25, -0.2) is 0 Å². The van der Waals surface area contributed by atoms with Crippen LogP contribution < -0.4 is 0 Å². The maximum atomic E-state index is 9.01. The molecule has 19 heavy (non-hydrogen) atoms. The first-order chi connectivity index (χ1) is 9.10. The molecule has 0 aliphatic carbocycles. The lowest BCUT2D eigenvalue weighted by atomic mass is 10.1. The molecule has 0 unspecified atom stereocenters. The zero-order valence-electron chi connectivity index (χ0n) is 11.7. The Labute approximate surface area is 113 Å². The van der Waals surface area contributed by atoms with E-state index in [-0.39, 0.29) is 6.61 Å². The Kier molecular flexibility index (Phi) is 4.29. The molecule has 1 aromatic heterocycles. The molecular weight excluding hydrogens is 240 g/mol. The van der Waals surface area contributed by atoms with E-state index < -0.39 is 0 Å². The van der Waals surface area contributed by atoms with Crippen molar-refractivity contribution in [1.29, 1.82) is 0 Å². The van der Waals surface area contributed by atoms with E-state index in [1.807, 2.05) is 42.8 Å². The average Bonchev–Trinajstić information content (AvgIpc) is 2.71. The highest BCUT2D eigenvalue weighted by Crippen LogP contribution is 2.09. The van der Waals surface area contributed by atoms with Gasteiger partial charge in [-0.05, 0) is 25.1 Å². The van der Waals surface area contributed by atoms with Gasteiger partial charge >= 0.3 is 0 Å². The van der Waals surface area contributed by atoms with Crippen LogP contribution in [0.5, 0.6) is 0 Å². The second kappa shape index (κ2) is 5.95. The summed E-state index contributed by atoms with van der Waals surface area (Å²) in [4.78, 5) is 2.19. The third-order valence-electron chi connectivity index (χ3n) is 3.25. The number of hydrogen-bond acceptors (Lipinski definition) is 4. The van der Waals surface area contributed by atoms with Crippen LogP contribution in [0.1, 0.15) is 22.8 Å². The van der Waals surface area contributed by atoms with Gasteiger partial charge in [0.1, 0.15) is 11.6 Å². The largest absolute Gasteiger partial charge is 0.392 e. The fourth-order valence-corrected chi connectivity index (χ4v) is 1.95. The van der Waals surface area contributed by atoms with Crippen molar-refractivity contribution in [2.24, 2.45) is 7.05 Å². The van der Waals surface area contributed by atoms with Crippen molar-refractivity contribution < 1.29 is 5.11 Å². The predicted molar refractivity (Wildman–Crippen MR) is 73.3 cm³/mol. The summed E-state index contributed by atoms with van der Waals surface area (Å²) in [5.41, 5.74) is 2.16. The Morgan fingerprint density at radius 2 is 1.74 bits per heavy atom. The Morgan fingerprint density at radius 1 is 1.11 bits per heavy atom. The van der Waals surface area contributed by atoms with Gasteiger partial charge in [0.25, 0.3) is 0 Å². The molecule has 0 fully saturated rings. The molecule has 102 valence electrons. The second-order valence-corrected chi connectivity index (χ2v) is 4.87. The summed E-state index contributed by atoms with van der Waals surface area (Å²) in [7, 11) is 4.04. The molecule has 0 bridgehead atoms. The van der Waals surface area contributed by atoms with Gasteiger partial charge in [0, 0.05) is 13.6 Å². The van der Waals surface area contributed by atoms with Gasteiger partial charge in [0.2, 0.25) is 0 Å². The molecule has 5 heteroatoms. The highest BCUT2D eigenvalue weighted by Gasteiger charge is 2.08. The minimum atomic E-state index is 0.0916. The molecule has 0 saturated heterocycles. The van der Waals surface area contributed by atoms with E-state index in [1.54, 1.807) is 0 Å². The van der Waals surface area contributed by atoms with Gasteiger partial charge in [-0.15, -0.1) is 10.2 Å². The summed E-state index contributed by atoms with van der Waals surface area (Å²) in [5.74, 6) is 1.89. The molecule has 0 atom stereocenters. The standard InChI is InChI=1S/C14H20N4O/c1-11-15-16-14(18(11)3)9-17(2)8-12-4-6-13(10-19)7-5-12/h4-7,19H,8-10H2,1-3H3. The van der Waals surface area contributed by atoms with Crippen molar-refractivity contribution >= 4 is 0 Å². The topological polar surface area (TPSA) is 54.2 Å². The Bertz CT molecular complexity index is 533. The first-order valence-electron chi connectivity index (χ1n) is 6.32. The van der Waals surface area contributed by atoms with Gasteiger partial charge in [-0.2, -0.15) is 0 Å². The van der Waals surface area contributed by atoms with Crippen molar-refractivity contribution in [3.05, 3.63) is 47.0 Å². The summed E-state index contributed by atoms with van der Waals surface area (Å²) in [6, 6.07) is 8.00. The van der Waals surface area contributed by atoms with Gasteiger partial charge in [0.15, 0.2) is 0 Å². The summed E-state index contributed by atoms with van der Waals surface area (Å²) in [6.07, 6.45) is 0. The third-order valence-corrected chi connectivity index (χ3v) is 3.25. The Balaban J connectivity index is 1.96. The van der Waals surface area contributed by atoms with Crippen molar-refractivity contribution in [1.82, 2.24) is 19.7 Å². The number of hydrogen-bond donors (Lipinski definition) is 1. The van der Waals surface area contributed by atoms with Crippen molar-refractivity contribution in [2.45, 2.75) is 26.6 Å². The van der Waals surface area contributed by atoms with E-state index in [4.69, 9.17) is 5.11 Å². The van der Waals surface area contributed by atoms with Crippen molar-refractivity contribution in [2.75, 3.05) is 7.05 Å². The molecule has 0 radical (unpaired) electrons. The molecule has 5 nitrogen and oxygen atoms in total. The molecule has 0 aliphatic rings. The van der Waals surface area contributed by atoms with Crippen LogP contribution in [0.2, 0.25) is 0 Å². The Hall–Kier alpha value is -1.72. The number of aliphatic hydroxyl groups excluding tert-OH is 1. The van der Waals surface area contributed by atoms with E-state index >= 15 is 0 Å². The van der Waals surface area contributed by atoms with E-state index in [2.05, 4.69) is 22.1 Å². The number of benzene rings is 1. The molecule has 0 amide bonds. The van der Waals surface area contributed by atoms with E-state index in [0.717, 1.165) is 30.3 Å². The van der Waals surface area contributed by atoms with E-state index in [1.165, 1.54) is 5.56 Å². The monoisotopic (exact) mass is 260 g/mol. The molecule has 1 heterocycles. The molecular formula is C14H20N4O. The number of nitrogens with zero attached hydrogens (tertiary/aromatic N) is 4. The first-order valence-corrected chi connectivity index (χ1v) is 6.32. The zero-order chi connectivity index (χ0) is 13.8. The van der Waals surface area contributed by atoms with Crippen LogP contribution in [-0.2, 0) is 26.7 Å². The average molecular weight is 260 g/mol. The first kappa shape index (κ1) is 13.7.